The van der Waals surface area contributed by atoms with E-state index in [0.29, 0.717) is 25.4 Å². The van der Waals surface area contributed by atoms with Gasteiger partial charge in [0.05, 0.1) is 12.0 Å². The van der Waals surface area contributed by atoms with Gasteiger partial charge in [-0.05, 0) is 42.6 Å². The Morgan fingerprint density at radius 2 is 1.81 bits per heavy atom. The monoisotopic (exact) mass is 314 g/mol. The maximum atomic E-state index is 12.7. The molecule has 1 rings (SSSR count). The Balaban J connectivity index is 3.01. The number of benzene rings is 1. The summed E-state index contributed by atoms with van der Waals surface area (Å²) >= 11 is 0. The van der Waals surface area contributed by atoms with Gasteiger partial charge in [-0.3, -0.25) is 0 Å². The molecule has 1 aromatic rings. The SMILES string of the molecule is CCN(CC(C)(C)CCN)S(=O)(=O)c1ccc(OC)cc1. The minimum absolute atomic E-state index is 0.149. The van der Waals surface area contributed by atoms with Gasteiger partial charge in [0.15, 0.2) is 0 Å². The third-order valence-corrected chi connectivity index (χ3v) is 5.41. The summed E-state index contributed by atoms with van der Waals surface area (Å²) in [4.78, 5) is 0.286. The number of hydrogen-bond donors (Lipinski definition) is 1. The summed E-state index contributed by atoms with van der Waals surface area (Å²) in [5, 5.41) is 0. The van der Waals surface area contributed by atoms with Crippen molar-refractivity contribution in [1.29, 1.82) is 0 Å². The largest absolute Gasteiger partial charge is 0.497 e. The Kier molecular flexibility index (Phi) is 6.19. The number of nitrogens with two attached hydrogens (primary N) is 1. The van der Waals surface area contributed by atoms with Gasteiger partial charge < -0.3 is 10.5 Å². The van der Waals surface area contributed by atoms with Crippen LogP contribution in [0.5, 0.6) is 5.75 Å². The molecule has 21 heavy (non-hydrogen) atoms. The van der Waals surface area contributed by atoms with Crippen LogP contribution in [0, 0.1) is 5.41 Å². The van der Waals surface area contributed by atoms with E-state index in [-0.39, 0.29) is 10.3 Å². The first-order valence-electron chi connectivity index (χ1n) is 7.11. The van der Waals surface area contributed by atoms with Crippen molar-refractivity contribution in [2.45, 2.75) is 32.1 Å². The van der Waals surface area contributed by atoms with Gasteiger partial charge in [-0.2, -0.15) is 4.31 Å². The molecule has 0 heterocycles. The van der Waals surface area contributed by atoms with Crippen molar-refractivity contribution in [3.63, 3.8) is 0 Å². The number of rotatable bonds is 8. The molecule has 0 fully saturated rings. The Hall–Kier alpha value is -1.11. The van der Waals surface area contributed by atoms with E-state index in [1.165, 1.54) is 4.31 Å². The zero-order valence-corrected chi connectivity index (χ0v) is 14.1. The number of nitrogens with zero attached hydrogens (tertiary/aromatic N) is 1. The van der Waals surface area contributed by atoms with Gasteiger partial charge in [-0.1, -0.05) is 20.8 Å². The van der Waals surface area contributed by atoms with E-state index in [4.69, 9.17) is 10.5 Å². The minimum atomic E-state index is -3.49. The third-order valence-electron chi connectivity index (χ3n) is 3.48. The summed E-state index contributed by atoms with van der Waals surface area (Å²) in [6, 6.07) is 6.47. The maximum absolute atomic E-state index is 12.7. The maximum Gasteiger partial charge on any atom is 0.243 e. The number of hydrogen-bond acceptors (Lipinski definition) is 4. The van der Waals surface area contributed by atoms with E-state index in [9.17, 15) is 8.42 Å². The quantitative estimate of drug-likeness (QED) is 0.797. The van der Waals surface area contributed by atoms with Crippen LogP contribution in [0.25, 0.3) is 0 Å². The molecular formula is C15H26N2O3S. The first-order chi connectivity index (χ1) is 9.76. The molecule has 2 N–H and O–H groups in total. The first-order valence-corrected chi connectivity index (χ1v) is 8.55. The van der Waals surface area contributed by atoms with E-state index in [2.05, 4.69) is 0 Å². The number of sulfonamides is 1. The molecule has 0 amide bonds. The second-order valence-corrected chi connectivity index (χ2v) is 7.75. The zero-order valence-electron chi connectivity index (χ0n) is 13.3. The second kappa shape index (κ2) is 7.24. The molecule has 1 aromatic carbocycles. The second-order valence-electron chi connectivity index (χ2n) is 5.81. The minimum Gasteiger partial charge on any atom is -0.497 e. The van der Waals surface area contributed by atoms with Crippen LogP contribution in [0.2, 0.25) is 0 Å². The van der Waals surface area contributed by atoms with Gasteiger partial charge in [0, 0.05) is 13.1 Å². The van der Waals surface area contributed by atoms with Crippen LogP contribution < -0.4 is 10.5 Å². The average molecular weight is 314 g/mol. The summed E-state index contributed by atoms with van der Waals surface area (Å²) in [5.74, 6) is 0.639. The van der Waals surface area contributed by atoms with Crippen molar-refractivity contribution in [3.8, 4) is 5.75 Å². The molecular weight excluding hydrogens is 288 g/mol. The predicted octanol–water partition coefficient (Wildman–Crippen LogP) is 2.08. The molecule has 0 aliphatic carbocycles. The topological polar surface area (TPSA) is 72.6 Å². The molecule has 0 saturated carbocycles. The van der Waals surface area contributed by atoms with Crippen molar-refractivity contribution in [3.05, 3.63) is 24.3 Å². The van der Waals surface area contributed by atoms with Crippen LogP contribution in [-0.2, 0) is 10.0 Å². The fraction of sp³-hybridized carbons (Fsp3) is 0.600. The van der Waals surface area contributed by atoms with E-state index in [0.717, 1.165) is 6.42 Å². The Morgan fingerprint density at radius 1 is 1.24 bits per heavy atom. The zero-order chi connectivity index (χ0) is 16.1. The highest BCUT2D eigenvalue weighted by Crippen LogP contribution is 2.26. The summed E-state index contributed by atoms with van der Waals surface area (Å²) in [5.41, 5.74) is 5.45. The van der Waals surface area contributed by atoms with Gasteiger partial charge in [0.25, 0.3) is 0 Å². The van der Waals surface area contributed by atoms with Crippen LogP contribution in [0.1, 0.15) is 27.2 Å². The lowest BCUT2D eigenvalue weighted by atomic mass is 9.89. The van der Waals surface area contributed by atoms with Crippen molar-refractivity contribution in [2.75, 3.05) is 26.7 Å². The highest BCUT2D eigenvalue weighted by atomic mass is 32.2. The predicted molar refractivity (Wildman–Crippen MR) is 84.9 cm³/mol. The van der Waals surface area contributed by atoms with Crippen LogP contribution in [0.15, 0.2) is 29.2 Å². The highest BCUT2D eigenvalue weighted by molar-refractivity contribution is 7.89. The van der Waals surface area contributed by atoms with Crippen molar-refractivity contribution in [2.24, 2.45) is 11.1 Å². The Morgan fingerprint density at radius 3 is 2.24 bits per heavy atom. The fourth-order valence-corrected chi connectivity index (χ4v) is 3.85. The summed E-state index contributed by atoms with van der Waals surface area (Å²) in [6.45, 7) is 7.35. The number of ether oxygens (including phenoxy) is 1. The summed E-state index contributed by atoms with van der Waals surface area (Å²) in [7, 11) is -1.94. The molecule has 0 radical (unpaired) electrons. The lowest BCUT2D eigenvalue weighted by molar-refractivity contribution is 0.251. The third kappa shape index (κ3) is 4.69. The van der Waals surface area contributed by atoms with E-state index in [1.807, 2.05) is 20.8 Å². The van der Waals surface area contributed by atoms with Gasteiger partial charge in [-0.25, -0.2) is 8.42 Å². The molecule has 0 aliphatic rings. The van der Waals surface area contributed by atoms with Crippen LogP contribution >= 0.6 is 0 Å². The highest BCUT2D eigenvalue weighted by Gasteiger charge is 2.29. The smallest absolute Gasteiger partial charge is 0.243 e. The first kappa shape index (κ1) is 17.9. The molecule has 0 saturated heterocycles. The van der Waals surface area contributed by atoms with Crippen molar-refractivity contribution >= 4 is 10.0 Å². The lowest BCUT2D eigenvalue weighted by Crippen LogP contribution is -2.39. The standard InChI is InChI=1S/C15H26N2O3S/c1-5-17(12-15(2,3)10-11-16)21(18,19)14-8-6-13(20-4)7-9-14/h6-9H,5,10-12,16H2,1-4H3. The summed E-state index contributed by atoms with van der Waals surface area (Å²) in [6.07, 6.45) is 0.779. The van der Waals surface area contributed by atoms with E-state index >= 15 is 0 Å². The number of methoxy groups -OCH3 is 1. The molecule has 0 spiro atoms. The van der Waals surface area contributed by atoms with Crippen LogP contribution in [0.3, 0.4) is 0 Å². The molecule has 0 bridgehead atoms. The Bertz CT molecular complexity index is 539. The van der Waals surface area contributed by atoms with Crippen LogP contribution in [-0.4, -0.2) is 39.5 Å². The molecule has 0 atom stereocenters. The molecule has 0 unspecified atom stereocenters. The fourth-order valence-electron chi connectivity index (χ4n) is 2.21. The van der Waals surface area contributed by atoms with E-state index in [1.54, 1.807) is 31.4 Å². The van der Waals surface area contributed by atoms with Gasteiger partial charge in [0.2, 0.25) is 10.0 Å². The van der Waals surface area contributed by atoms with E-state index < -0.39 is 10.0 Å². The molecule has 0 aliphatic heterocycles. The van der Waals surface area contributed by atoms with Crippen molar-refractivity contribution < 1.29 is 13.2 Å². The van der Waals surface area contributed by atoms with Gasteiger partial charge in [0.1, 0.15) is 5.75 Å². The van der Waals surface area contributed by atoms with Crippen molar-refractivity contribution in [1.82, 2.24) is 4.31 Å². The van der Waals surface area contributed by atoms with Crippen LogP contribution in [0.4, 0.5) is 0 Å². The summed E-state index contributed by atoms with van der Waals surface area (Å²) < 4.78 is 32.0. The average Bonchev–Trinajstić information content (AvgIpc) is 2.44. The lowest BCUT2D eigenvalue weighted by Gasteiger charge is -2.31. The molecule has 120 valence electrons. The molecule has 6 heteroatoms. The Labute approximate surface area is 128 Å². The molecule has 5 nitrogen and oxygen atoms in total. The van der Waals surface area contributed by atoms with Gasteiger partial charge in [-0.15, -0.1) is 0 Å². The normalized spacial score (nSPS) is 12.7. The molecule has 0 aromatic heterocycles. The van der Waals surface area contributed by atoms with Gasteiger partial charge >= 0.3 is 0 Å².